The highest BCUT2D eigenvalue weighted by atomic mass is 35.5. The molecule has 0 fully saturated rings. The fourth-order valence-corrected chi connectivity index (χ4v) is 3.29. The lowest BCUT2D eigenvalue weighted by molar-refractivity contribution is 0.0993. The Balaban J connectivity index is 1.50. The largest absolute Gasteiger partial charge is 0.486 e. The number of aromatic nitrogens is 2. The van der Waals surface area contributed by atoms with E-state index in [2.05, 4.69) is 10.4 Å². The van der Waals surface area contributed by atoms with E-state index in [-0.39, 0.29) is 11.5 Å². The molecule has 164 valence electrons. The molecule has 1 aromatic carbocycles. The Morgan fingerprint density at radius 1 is 1.10 bits per heavy atom. The number of alkyl halides is 4. The van der Waals surface area contributed by atoms with Crippen molar-refractivity contribution in [3.8, 4) is 11.5 Å². The van der Waals surface area contributed by atoms with Gasteiger partial charge in [-0.3, -0.25) is 9.48 Å². The molecule has 12 heteroatoms. The number of fused-ring (bicyclic) bond motifs is 1. The minimum Gasteiger partial charge on any atom is -0.486 e. The van der Waals surface area contributed by atoms with Gasteiger partial charge in [-0.25, -0.2) is 17.6 Å². The van der Waals surface area contributed by atoms with Crippen LogP contribution < -0.4 is 14.8 Å². The molecular formula is C19H14ClF4N3O4. The van der Waals surface area contributed by atoms with Crippen molar-refractivity contribution in [2.75, 3.05) is 18.5 Å². The molecule has 0 aliphatic carbocycles. The fourth-order valence-electron chi connectivity index (χ4n) is 2.99. The molecule has 2 aromatic heterocycles. The highest BCUT2D eigenvalue weighted by Crippen LogP contribution is 2.35. The van der Waals surface area contributed by atoms with Gasteiger partial charge in [0, 0.05) is 11.8 Å². The third kappa shape index (κ3) is 4.31. The molecule has 0 unspecified atom stereocenters. The van der Waals surface area contributed by atoms with Crippen molar-refractivity contribution in [3.05, 3.63) is 58.3 Å². The molecule has 0 radical (unpaired) electrons. The molecule has 4 rings (SSSR count). The SMILES string of the molecule is O=C(Nc1ccc2c(c1)OCCO2)c1ccc(Cn2nc(C(F)F)c(Cl)c2C(F)F)o1. The second-order valence-electron chi connectivity index (χ2n) is 6.42. The first-order chi connectivity index (χ1) is 14.8. The van der Waals surface area contributed by atoms with Crippen molar-refractivity contribution in [2.24, 2.45) is 0 Å². The molecule has 0 atom stereocenters. The van der Waals surface area contributed by atoms with Crippen molar-refractivity contribution in [3.63, 3.8) is 0 Å². The maximum atomic E-state index is 13.3. The standard InChI is InChI=1S/C19H14ClF4N3O4/c20-14-15(17(21)22)26-27(16(14)18(23)24)8-10-2-4-12(31-10)19(28)25-9-1-3-11-13(7-9)30-6-5-29-11/h1-4,7,17-18H,5-6,8H2,(H,25,28). The first-order valence-corrected chi connectivity index (χ1v) is 9.33. The Kier molecular flexibility index (Phi) is 5.77. The zero-order valence-electron chi connectivity index (χ0n) is 15.6. The van der Waals surface area contributed by atoms with Crippen molar-refractivity contribution >= 4 is 23.2 Å². The molecule has 0 bridgehead atoms. The van der Waals surface area contributed by atoms with Gasteiger partial charge < -0.3 is 19.2 Å². The van der Waals surface area contributed by atoms with E-state index in [4.69, 9.17) is 25.5 Å². The van der Waals surface area contributed by atoms with Crippen LogP contribution in [0.3, 0.4) is 0 Å². The van der Waals surface area contributed by atoms with E-state index in [0.717, 1.165) is 0 Å². The summed E-state index contributed by atoms with van der Waals surface area (Å²) in [5.74, 6) is 0.364. The summed E-state index contributed by atoms with van der Waals surface area (Å²) in [6.45, 7) is 0.405. The molecule has 1 N–H and O–H groups in total. The Hall–Kier alpha value is -3.21. The number of nitrogens with zero attached hydrogens (tertiary/aromatic N) is 2. The van der Waals surface area contributed by atoms with Crippen LogP contribution in [-0.4, -0.2) is 28.9 Å². The van der Waals surface area contributed by atoms with Crippen LogP contribution in [0.2, 0.25) is 5.02 Å². The number of ether oxygens (including phenoxy) is 2. The van der Waals surface area contributed by atoms with E-state index in [1.54, 1.807) is 18.2 Å². The quantitative estimate of drug-likeness (QED) is 0.520. The van der Waals surface area contributed by atoms with Crippen LogP contribution >= 0.6 is 11.6 Å². The van der Waals surface area contributed by atoms with Crippen molar-refractivity contribution in [1.29, 1.82) is 0 Å². The third-order valence-corrected chi connectivity index (χ3v) is 4.75. The first-order valence-electron chi connectivity index (χ1n) is 8.95. The molecule has 0 saturated heterocycles. The summed E-state index contributed by atoms with van der Waals surface area (Å²) >= 11 is 5.62. The van der Waals surface area contributed by atoms with Crippen LogP contribution in [-0.2, 0) is 6.54 Å². The summed E-state index contributed by atoms with van der Waals surface area (Å²) in [6.07, 6.45) is -6.24. The molecule has 31 heavy (non-hydrogen) atoms. The predicted molar refractivity (Wildman–Crippen MR) is 100 cm³/mol. The van der Waals surface area contributed by atoms with Gasteiger partial charge in [-0.05, 0) is 24.3 Å². The number of hydrogen-bond acceptors (Lipinski definition) is 5. The van der Waals surface area contributed by atoms with Gasteiger partial charge in [0.2, 0.25) is 0 Å². The van der Waals surface area contributed by atoms with Crippen LogP contribution in [0, 0.1) is 0 Å². The summed E-state index contributed by atoms with van der Waals surface area (Å²) in [5, 5.41) is 5.27. The van der Waals surface area contributed by atoms with Gasteiger partial charge in [-0.15, -0.1) is 0 Å². The lowest BCUT2D eigenvalue weighted by Crippen LogP contribution is -2.16. The third-order valence-electron chi connectivity index (χ3n) is 4.36. The summed E-state index contributed by atoms with van der Waals surface area (Å²) in [5.41, 5.74) is -1.37. The number of carbonyl (C=O) groups is 1. The zero-order valence-corrected chi connectivity index (χ0v) is 16.3. The highest BCUT2D eigenvalue weighted by molar-refractivity contribution is 6.32. The summed E-state index contributed by atoms with van der Waals surface area (Å²) in [7, 11) is 0. The second kappa shape index (κ2) is 8.50. The first kappa shape index (κ1) is 21.0. The normalized spacial score (nSPS) is 13.1. The molecule has 7 nitrogen and oxygen atoms in total. The Labute approximate surface area is 177 Å². The van der Waals surface area contributed by atoms with Crippen LogP contribution in [0.15, 0.2) is 34.7 Å². The monoisotopic (exact) mass is 459 g/mol. The van der Waals surface area contributed by atoms with Crippen LogP contribution in [0.1, 0.15) is 40.6 Å². The lowest BCUT2D eigenvalue weighted by atomic mass is 10.2. The van der Waals surface area contributed by atoms with E-state index >= 15 is 0 Å². The van der Waals surface area contributed by atoms with Gasteiger partial charge in [0.15, 0.2) is 17.3 Å². The minimum atomic E-state index is -3.12. The van der Waals surface area contributed by atoms with Gasteiger partial charge in [0.25, 0.3) is 18.8 Å². The summed E-state index contributed by atoms with van der Waals surface area (Å²) in [6, 6.07) is 7.52. The molecule has 0 saturated carbocycles. The number of furan rings is 1. The average Bonchev–Trinajstić information content (AvgIpc) is 3.32. The summed E-state index contributed by atoms with van der Waals surface area (Å²) in [4.78, 5) is 12.4. The number of benzene rings is 1. The Morgan fingerprint density at radius 3 is 2.55 bits per heavy atom. The Morgan fingerprint density at radius 2 is 1.84 bits per heavy atom. The number of halogens is 5. The van der Waals surface area contributed by atoms with Gasteiger partial charge in [0.05, 0.1) is 11.6 Å². The smallest absolute Gasteiger partial charge is 0.291 e. The Bertz CT molecular complexity index is 1120. The molecule has 0 spiro atoms. The number of hydrogen-bond donors (Lipinski definition) is 1. The van der Waals surface area contributed by atoms with E-state index in [9.17, 15) is 22.4 Å². The van der Waals surface area contributed by atoms with Gasteiger partial charge in [-0.1, -0.05) is 11.6 Å². The number of nitrogens with one attached hydrogen (secondary N) is 1. The van der Waals surface area contributed by atoms with E-state index in [0.29, 0.717) is 35.1 Å². The average molecular weight is 460 g/mol. The molecule has 3 heterocycles. The topological polar surface area (TPSA) is 78.5 Å². The van der Waals surface area contributed by atoms with Crippen molar-refractivity contribution in [2.45, 2.75) is 19.4 Å². The number of anilines is 1. The highest BCUT2D eigenvalue weighted by Gasteiger charge is 2.28. The summed E-state index contributed by atoms with van der Waals surface area (Å²) < 4.78 is 69.3. The molecular weight excluding hydrogens is 446 g/mol. The minimum absolute atomic E-state index is 0.0502. The van der Waals surface area contributed by atoms with Gasteiger partial charge in [0.1, 0.15) is 30.4 Å². The van der Waals surface area contributed by atoms with Crippen LogP contribution in [0.4, 0.5) is 23.2 Å². The van der Waals surface area contributed by atoms with E-state index < -0.39 is 41.7 Å². The van der Waals surface area contributed by atoms with E-state index in [1.807, 2.05) is 0 Å². The number of carbonyl (C=O) groups excluding carboxylic acids is 1. The number of rotatable bonds is 6. The van der Waals surface area contributed by atoms with Crippen molar-refractivity contribution in [1.82, 2.24) is 9.78 Å². The second-order valence-corrected chi connectivity index (χ2v) is 6.80. The molecule has 1 amide bonds. The van der Waals surface area contributed by atoms with Gasteiger partial charge in [-0.2, -0.15) is 5.10 Å². The van der Waals surface area contributed by atoms with Gasteiger partial charge >= 0.3 is 0 Å². The lowest BCUT2D eigenvalue weighted by Gasteiger charge is -2.18. The molecule has 1 aliphatic rings. The van der Waals surface area contributed by atoms with E-state index in [1.165, 1.54) is 12.1 Å². The zero-order chi connectivity index (χ0) is 22.1. The molecule has 3 aromatic rings. The molecule has 1 aliphatic heterocycles. The maximum absolute atomic E-state index is 13.3. The number of amides is 1. The maximum Gasteiger partial charge on any atom is 0.291 e. The predicted octanol–water partition coefficient (Wildman–Crippen LogP) is 5.08. The van der Waals surface area contributed by atoms with Crippen LogP contribution in [0.25, 0.3) is 0 Å². The van der Waals surface area contributed by atoms with Crippen LogP contribution in [0.5, 0.6) is 11.5 Å². The fraction of sp³-hybridized carbons (Fsp3) is 0.263. The van der Waals surface area contributed by atoms with Crippen molar-refractivity contribution < 1.29 is 36.2 Å².